The van der Waals surface area contributed by atoms with Crippen molar-refractivity contribution in [2.45, 2.75) is 69.7 Å². The summed E-state index contributed by atoms with van der Waals surface area (Å²) in [6.07, 6.45) is 11.1. The number of rotatable bonds is 6. The zero-order chi connectivity index (χ0) is 18.4. The van der Waals surface area contributed by atoms with Gasteiger partial charge in [-0.25, -0.2) is 4.98 Å². The van der Waals surface area contributed by atoms with Crippen LogP contribution in [0.2, 0.25) is 0 Å². The number of aromatic nitrogens is 1. The fourth-order valence-electron chi connectivity index (χ4n) is 3.39. The summed E-state index contributed by atoms with van der Waals surface area (Å²) in [6, 6.07) is 4.25. The van der Waals surface area contributed by atoms with Crippen LogP contribution in [0.15, 0.2) is 12.1 Å². The molecular weight excluding hydrogens is 330 g/mol. The maximum atomic E-state index is 12.5. The van der Waals surface area contributed by atoms with Crippen molar-refractivity contribution >= 4 is 12.3 Å². The van der Waals surface area contributed by atoms with E-state index in [-0.39, 0.29) is 12.3 Å². The van der Waals surface area contributed by atoms with Gasteiger partial charge in [-0.1, -0.05) is 25.3 Å². The van der Waals surface area contributed by atoms with Gasteiger partial charge in [0, 0.05) is 11.6 Å². The molecule has 0 unspecified atom stereocenters. The van der Waals surface area contributed by atoms with Gasteiger partial charge in [-0.2, -0.15) is 0 Å². The van der Waals surface area contributed by atoms with Crippen LogP contribution in [0.4, 0.5) is 0 Å². The number of nitrogens with two attached hydrogens (primary N) is 1. The Balaban J connectivity index is 0.000000613. The molecule has 142 valence electrons. The molecule has 3 N–H and O–H groups in total. The van der Waals surface area contributed by atoms with Crippen LogP contribution in [0.5, 0.6) is 5.88 Å². The number of nitrogens with one attached hydrogen (secondary N) is 1. The first kappa shape index (κ1) is 18.7. The summed E-state index contributed by atoms with van der Waals surface area (Å²) < 4.78 is 5.95. The summed E-state index contributed by atoms with van der Waals surface area (Å²) in [5, 5.41) is 3.15. The molecule has 6 heteroatoms. The molecule has 4 rings (SSSR count). The maximum Gasteiger partial charge on any atom is 0.270 e. The predicted molar refractivity (Wildman–Crippen MR) is 99.0 cm³/mol. The topological polar surface area (TPSA) is 94.3 Å². The fraction of sp³-hybridized carbons (Fsp3) is 0.650. The average molecular weight is 359 g/mol. The second kappa shape index (κ2) is 9.01. The Morgan fingerprint density at radius 1 is 1.15 bits per heavy atom. The summed E-state index contributed by atoms with van der Waals surface area (Å²) in [6.45, 7) is 0.750. The molecule has 0 saturated heterocycles. The summed E-state index contributed by atoms with van der Waals surface area (Å²) in [5.41, 5.74) is 5.87. The monoisotopic (exact) mass is 359 g/mol. The van der Waals surface area contributed by atoms with Crippen LogP contribution in [0.25, 0.3) is 0 Å². The van der Waals surface area contributed by atoms with Crippen LogP contribution in [0.1, 0.15) is 79.8 Å². The van der Waals surface area contributed by atoms with Crippen molar-refractivity contribution in [2.75, 3.05) is 6.61 Å². The molecule has 6 nitrogen and oxygen atoms in total. The molecule has 1 heterocycles. The van der Waals surface area contributed by atoms with E-state index in [9.17, 15) is 4.79 Å². The van der Waals surface area contributed by atoms with E-state index in [0.717, 1.165) is 19.4 Å². The molecule has 2 amide bonds. The molecule has 3 aliphatic carbocycles. The highest BCUT2D eigenvalue weighted by atomic mass is 16.5. The van der Waals surface area contributed by atoms with E-state index in [4.69, 9.17) is 9.53 Å². The number of nitrogens with zero attached hydrogens (tertiary/aromatic N) is 1. The average Bonchev–Trinajstić information content (AvgIpc) is 3.56. The number of primary amides is 1. The van der Waals surface area contributed by atoms with Gasteiger partial charge >= 0.3 is 0 Å². The standard InChI is InChI=1S/C19H26N2O2.CH3NO/c22-18(20-15-4-2-1-3-5-15)17-11-10-16(14-8-9-14)19(21-17)23-12-13-6-7-13;2-1-3/h10-11,13-15H,1-9,12H2,(H,20,22);1H,(H2,2,3). The maximum absolute atomic E-state index is 12.5. The molecule has 26 heavy (non-hydrogen) atoms. The van der Waals surface area contributed by atoms with Gasteiger partial charge in [0.1, 0.15) is 5.69 Å². The van der Waals surface area contributed by atoms with Crippen LogP contribution in [0, 0.1) is 5.92 Å². The van der Waals surface area contributed by atoms with E-state index in [1.807, 2.05) is 6.07 Å². The van der Waals surface area contributed by atoms with Crippen LogP contribution < -0.4 is 15.8 Å². The summed E-state index contributed by atoms with van der Waals surface area (Å²) in [5.74, 6) is 1.95. The van der Waals surface area contributed by atoms with Gasteiger partial charge < -0.3 is 15.8 Å². The number of hydrogen-bond donors (Lipinski definition) is 2. The second-order valence-electron chi connectivity index (χ2n) is 7.56. The van der Waals surface area contributed by atoms with Gasteiger partial charge in [-0.15, -0.1) is 0 Å². The molecule has 3 fully saturated rings. The lowest BCUT2D eigenvalue weighted by atomic mass is 9.95. The third-order valence-corrected chi connectivity index (χ3v) is 5.23. The molecule has 0 atom stereocenters. The molecular formula is C20H29N3O3. The van der Waals surface area contributed by atoms with Crippen LogP contribution in [-0.2, 0) is 4.79 Å². The highest BCUT2D eigenvalue weighted by Crippen LogP contribution is 2.44. The molecule has 0 aliphatic heterocycles. The SMILES string of the molecule is NC=O.O=C(NC1CCCCC1)c1ccc(C2CC2)c(OCC2CC2)n1. The summed E-state index contributed by atoms with van der Waals surface area (Å²) >= 11 is 0. The molecule has 1 aromatic heterocycles. The molecule has 0 spiro atoms. The van der Waals surface area contributed by atoms with E-state index in [0.29, 0.717) is 29.5 Å². The first-order chi connectivity index (χ1) is 12.7. The highest BCUT2D eigenvalue weighted by Gasteiger charge is 2.30. The van der Waals surface area contributed by atoms with Gasteiger partial charge in [-0.05, 0) is 56.4 Å². The van der Waals surface area contributed by atoms with Crippen molar-refractivity contribution in [1.82, 2.24) is 10.3 Å². The van der Waals surface area contributed by atoms with E-state index >= 15 is 0 Å². The summed E-state index contributed by atoms with van der Waals surface area (Å²) in [4.78, 5) is 25.6. The quantitative estimate of drug-likeness (QED) is 0.764. The fourth-order valence-corrected chi connectivity index (χ4v) is 3.39. The van der Waals surface area contributed by atoms with Crippen LogP contribution in [-0.4, -0.2) is 29.9 Å². The largest absolute Gasteiger partial charge is 0.477 e. The first-order valence-corrected chi connectivity index (χ1v) is 9.81. The van der Waals surface area contributed by atoms with Crippen molar-refractivity contribution in [3.63, 3.8) is 0 Å². The minimum absolute atomic E-state index is 0.0458. The molecule has 0 bridgehead atoms. The van der Waals surface area contributed by atoms with Crippen molar-refractivity contribution in [3.05, 3.63) is 23.4 Å². The Kier molecular flexibility index (Phi) is 6.47. The lowest BCUT2D eigenvalue weighted by Crippen LogP contribution is -2.36. The minimum atomic E-state index is -0.0458. The summed E-state index contributed by atoms with van der Waals surface area (Å²) in [7, 11) is 0. The van der Waals surface area contributed by atoms with Crippen molar-refractivity contribution in [1.29, 1.82) is 0 Å². The Labute approximate surface area is 154 Å². The third-order valence-electron chi connectivity index (χ3n) is 5.23. The number of amides is 2. The normalized spacial score (nSPS) is 19.8. The number of pyridine rings is 1. The molecule has 0 aromatic carbocycles. The smallest absolute Gasteiger partial charge is 0.270 e. The third kappa shape index (κ3) is 5.44. The van der Waals surface area contributed by atoms with Crippen LogP contribution >= 0.6 is 0 Å². The lowest BCUT2D eigenvalue weighted by molar-refractivity contribution is -0.106. The number of carbonyl (C=O) groups excluding carboxylic acids is 2. The molecule has 1 aromatic rings. The Morgan fingerprint density at radius 2 is 1.85 bits per heavy atom. The highest BCUT2D eigenvalue weighted by molar-refractivity contribution is 5.92. The van der Waals surface area contributed by atoms with E-state index < -0.39 is 0 Å². The van der Waals surface area contributed by atoms with E-state index in [1.165, 1.54) is 50.5 Å². The van der Waals surface area contributed by atoms with Crippen molar-refractivity contribution in [2.24, 2.45) is 11.7 Å². The van der Waals surface area contributed by atoms with Gasteiger partial charge in [-0.3, -0.25) is 9.59 Å². The molecule has 3 saturated carbocycles. The van der Waals surface area contributed by atoms with E-state index in [1.54, 1.807) is 0 Å². The van der Waals surface area contributed by atoms with Gasteiger partial charge in [0.05, 0.1) is 6.61 Å². The molecule has 3 aliphatic rings. The number of hydrogen-bond acceptors (Lipinski definition) is 4. The number of ether oxygens (including phenoxy) is 1. The predicted octanol–water partition coefficient (Wildman–Crippen LogP) is 2.91. The zero-order valence-electron chi connectivity index (χ0n) is 15.3. The van der Waals surface area contributed by atoms with Crippen molar-refractivity contribution in [3.8, 4) is 5.88 Å². The Bertz CT molecular complexity index is 621. The first-order valence-electron chi connectivity index (χ1n) is 9.81. The second-order valence-corrected chi connectivity index (χ2v) is 7.56. The van der Waals surface area contributed by atoms with Gasteiger partial charge in [0.2, 0.25) is 12.3 Å². The van der Waals surface area contributed by atoms with Crippen LogP contribution in [0.3, 0.4) is 0 Å². The van der Waals surface area contributed by atoms with Crippen molar-refractivity contribution < 1.29 is 14.3 Å². The lowest BCUT2D eigenvalue weighted by Gasteiger charge is -2.22. The molecule has 0 radical (unpaired) electrons. The van der Waals surface area contributed by atoms with E-state index in [2.05, 4.69) is 22.1 Å². The zero-order valence-corrected chi connectivity index (χ0v) is 15.3. The Hall–Kier alpha value is -2.11. The van der Waals surface area contributed by atoms with Gasteiger partial charge in [0.15, 0.2) is 0 Å². The number of carbonyl (C=O) groups is 2. The van der Waals surface area contributed by atoms with Gasteiger partial charge in [0.25, 0.3) is 5.91 Å². The Morgan fingerprint density at radius 3 is 2.46 bits per heavy atom. The minimum Gasteiger partial charge on any atom is -0.477 e.